The molecule has 3 nitrogen and oxygen atoms in total. The Morgan fingerprint density at radius 3 is 2.40 bits per heavy atom. The van der Waals surface area contributed by atoms with E-state index in [0.29, 0.717) is 21.7 Å². The van der Waals surface area contributed by atoms with Gasteiger partial charge in [-0.05, 0) is 43.2 Å². The summed E-state index contributed by atoms with van der Waals surface area (Å²) in [6, 6.07) is 5.24. The fraction of sp³-hybridized carbons (Fsp3) is 0.562. The van der Waals surface area contributed by atoms with Gasteiger partial charge in [-0.15, -0.1) is 0 Å². The van der Waals surface area contributed by atoms with E-state index >= 15 is 0 Å². The van der Waals surface area contributed by atoms with Crippen molar-refractivity contribution in [2.24, 2.45) is 5.41 Å². The first-order valence-corrected chi connectivity index (χ1v) is 7.82. The van der Waals surface area contributed by atoms with E-state index in [1.54, 1.807) is 18.2 Å². The van der Waals surface area contributed by atoms with Crippen molar-refractivity contribution < 1.29 is 4.79 Å². The largest absolute Gasteiger partial charge is 0.398 e. The number of rotatable bonds is 1. The Balaban J connectivity index is 1.73. The van der Waals surface area contributed by atoms with E-state index in [9.17, 15) is 4.79 Å². The van der Waals surface area contributed by atoms with E-state index in [4.69, 9.17) is 17.3 Å². The number of likely N-dealkylation sites (tertiary alicyclic amines) is 1. The average Bonchev–Trinajstić information content (AvgIpc) is 2.87. The van der Waals surface area contributed by atoms with Crippen molar-refractivity contribution >= 4 is 23.2 Å². The lowest BCUT2D eigenvalue weighted by atomic mass is 9.77. The highest BCUT2D eigenvalue weighted by Gasteiger charge is 2.38. The van der Waals surface area contributed by atoms with Crippen molar-refractivity contribution in [2.75, 3.05) is 18.8 Å². The molecule has 1 aliphatic carbocycles. The molecule has 2 aliphatic rings. The molecule has 108 valence electrons. The highest BCUT2D eigenvalue weighted by Crippen LogP contribution is 2.46. The van der Waals surface area contributed by atoms with Gasteiger partial charge in [0.25, 0.3) is 5.91 Å². The summed E-state index contributed by atoms with van der Waals surface area (Å²) < 4.78 is 0. The molecular formula is C16H21ClN2O. The Hall–Kier alpha value is -1.22. The van der Waals surface area contributed by atoms with Crippen molar-refractivity contribution in [1.29, 1.82) is 0 Å². The summed E-state index contributed by atoms with van der Waals surface area (Å²) in [6.45, 7) is 1.67. The molecule has 1 aromatic carbocycles. The minimum absolute atomic E-state index is 0.0130. The Morgan fingerprint density at radius 2 is 1.80 bits per heavy atom. The van der Waals surface area contributed by atoms with Gasteiger partial charge in [0.1, 0.15) is 0 Å². The van der Waals surface area contributed by atoms with Crippen LogP contribution in [0.25, 0.3) is 0 Å². The van der Waals surface area contributed by atoms with E-state index in [1.165, 1.54) is 25.7 Å². The number of carbonyl (C=O) groups is 1. The number of benzene rings is 1. The van der Waals surface area contributed by atoms with Gasteiger partial charge in [-0.2, -0.15) is 0 Å². The van der Waals surface area contributed by atoms with Crippen LogP contribution in [0.4, 0.5) is 5.69 Å². The number of hydrogen-bond donors (Lipinski definition) is 1. The van der Waals surface area contributed by atoms with Crippen molar-refractivity contribution in [3.8, 4) is 0 Å². The third-order valence-corrected chi connectivity index (χ3v) is 5.35. The number of piperidine rings is 1. The highest BCUT2D eigenvalue weighted by atomic mass is 35.5. The lowest BCUT2D eigenvalue weighted by molar-refractivity contribution is 0.0588. The minimum atomic E-state index is -0.0130. The molecule has 2 fully saturated rings. The second kappa shape index (κ2) is 5.28. The van der Waals surface area contributed by atoms with Crippen LogP contribution in [0.1, 0.15) is 48.9 Å². The summed E-state index contributed by atoms with van der Waals surface area (Å²) >= 11 is 6.14. The van der Waals surface area contributed by atoms with Gasteiger partial charge in [0.05, 0.1) is 10.6 Å². The topological polar surface area (TPSA) is 46.3 Å². The molecule has 1 amide bonds. The molecule has 1 saturated carbocycles. The molecule has 3 rings (SSSR count). The zero-order valence-corrected chi connectivity index (χ0v) is 12.5. The van der Waals surface area contributed by atoms with Crippen LogP contribution in [0.3, 0.4) is 0 Å². The van der Waals surface area contributed by atoms with E-state index < -0.39 is 0 Å². The number of nitrogens with zero attached hydrogens (tertiary/aromatic N) is 1. The number of anilines is 1. The predicted molar refractivity (Wildman–Crippen MR) is 81.9 cm³/mol. The molecule has 0 atom stereocenters. The first-order valence-electron chi connectivity index (χ1n) is 7.45. The Morgan fingerprint density at radius 1 is 1.15 bits per heavy atom. The number of nitrogens with two attached hydrogens (primary N) is 1. The van der Waals surface area contributed by atoms with E-state index in [-0.39, 0.29) is 5.91 Å². The summed E-state index contributed by atoms with van der Waals surface area (Å²) in [7, 11) is 0. The lowest BCUT2D eigenvalue weighted by Gasteiger charge is -2.39. The molecule has 4 heteroatoms. The molecular weight excluding hydrogens is 272 g/mol. The van der Waals surface area contributed by atoms with Gasteiger partial charge in [-0.3, -0.25) is 4.79 Å². The van der Waals surface area contributed by atoms with Crippen LogP contribution in [-0.2, 0) is 0 Å². The maximum absolute atomic E-state index is 12.6. The first kappa shape index (κ1) is 13.7. The molecule has 0 radical (unpaired) electrons. The van der Waals surface area contributed by atoms with Crippen molar-refractivity contribution in [3.63, 3.8) is 0 Å². The van der Waals surface area contributed by atoms with Crippen LogP contribution in [0.5, 0.6) is 0 Å². The third-order valence-electron chi connectivity index (χ3n) is 5.04. The number of carbonyl (C=O) groups excluding carboxylic acids is 1. The highest BCUT2D eigenvalue weighted by molar-refractivity contribution is 6.34. The normalized spacial score (nSPS) is 21.4. The van der Waals surface area contributed by atoms with E-state index in [0.717, 1.165) is 25.9 Å². The zero-order valence-electron chi connectivity index (χ0n) is 11.7. The minimum Gasteiger partial charge on any atom is -0.398 e. The molecule has 1 heterocycles. The van der Waals surface area contributed by atoms with Crippen LogP contribution in [0.15, 0.2) is 18.2 Å². The standard InChI is InChI=1S/C16H21ClN2O/c17-12-4-3-5-13(18)14(12)15(20)19-10-8-16(9-11-19)6-1-2-7-16/h3-5H,1-2,6-11,18H2. The van der Waals surface area contributed by atoms with Gasteiger partial charge in [0.15, 0.2) is 0 Å². The number of hydrogen-bond acceptors (Lipinski definition) is 2. The maximum atomic E-state index is 12.6. The first-order chi connectivity index (χ1) is 9.61. The quantitative estimate of drug-likeness (QED) is 0.802. The van der Waals surface area contributed by atoms with Gasteiger partial charge in [0, 0.05) is 18.8 Å². The van der Waals surface area contributed by atoms with Gasteiger partial charge in [0.2, 0.25) is 0 Å². The van der Waals surface area contributed by atoms with Crippen molar-refractivity contribution in [1.82, 2.24) is 4.90 Å². The fourth-order valence-electron chi connectivity index (χ4n) is 3.73. The van der Waals surface area contributed by atoms with Crippen molar-refractivity contribution in [2.45, 2.75) is 38.5 Å². The Bertz CT molecular complexity index is 493. The predicted octanol–water partition coefficient (Wildman–Crippen LogP) is 3.72. The van der Waals surface area contributed by atoms with Crippen LogP contribution in [-0.4, -0.2) is 23.9 Å². The number of halogens is 1. The monoisotopic (exact) mass is 292 g/mol. The van der Waals surface area contributed by atoms with E-state index in [1.807, 2.05) is 4.90 Å². The summed E-state index contributed by atoms with van der Waals surface area (Å²) in [5.74, 6) is -0.0130. The van der Waals surface area contributed by atoms with Gasteiger partial charge >= 0.3 is 0 Å². The molecule has 0 bridgehead atoms. The molecule has 2 N–H and O–H groups in total. The fourth-order valence-corrected chi connectivity index (χ4v) is 4.00. The Labute approximate surface area is 125 Å². The average molecular weight is 293 g/mol. The van der Waals surface area contributed by atoms with Gasteiger partial charge in [-0.25, -0.2) is 0 Å². The van der Waals surface area contributed by atoms with Gasteiger partial charge in [-0.1, -0.05) is 30.5 Å². The molecule has 1 saturated heterocycles. The van der Waals surface area contributed by atoms with Crippen LogP contribution in [0, 0.1) is 5.41 Å². The smallest absolute Gasteiger partial charge is 0.257 e. The summed E-state index contributed by atoms with van der Waals surface area (Å²) in [6.07, 6.45) is 7.63. The molecule has 0 unspecified atom stereocenters. The maximum Gasteiger partial charge on any atom is 0.257 e. The van der Waals surface area contributed by atoms with Crippen LogP contribution in [0.2, 0.25) is 5.02 Å². The summed E-state index contributed by atoms with van der Waals surface area (Å²) in [5, 5.41) is 0.455. The SMILES string of the molecule is Nc1cccc(Cl)c1C(=O)N1CCC2(CCCC2)CC1. The van der Waals surface area contributed by atoms with Crippen LogP contribution >= 0.6 is 11.6 Å². The second-order valence-corrected chi connectivity index (χ2v) is 6.61. The molecule has 1 aliphatic heterocycles. The van der Waals surface area contributed by atoms with Crippen LogP contribution < -0.4 is 5.73 Å². The molecule has 1 spiro atoms. The zero-order chi connectivity index (χ0) is 14.2. The Kier molecular flexibility index (Phi) is 3.63. The van der Waals surface area contributed by atoms with E-state index in [2.05, 4.69) is 0 Å². The lowest BCUT2D eigenvalue weighted by Crippen LogP contribution is -2.42. The summed E-state index contributed by atoms with van der Waals surface area (Å²) in [5.41, 5.74) is 7.37. The van der Waals surface area contributed by atoms with Gasteiger partial charge < -0.3 is 10.6 Å². The second-order valence-electron chi connectivity index (χ2n) is 6.20. The summed E-state index contributed by atoms with van der Waals surface area (Å²) in [4.78, 5) is 14.5. The number of amides is 1. The molecule has 1 aromatic rings. The van der Waals surface area contributed by atoms with Crippen molar-refractivity contribution in [3.05, 3.63) is 28.8 Å². The third kappa shape index (κ3) is 2.39. The molecule has 0 aromatic heterocycles. The number of nitrogen functional groups attached to an aromatic ring is 1. The molecule has 20 heavy (non-hydrogen) atoms.